The molecule has 1 aromatic heterocycles. The van der Waals surface area contributed by atoms with Gasteiger partial charge in [0.25, 0.3) is 6.43 Å². The number of hydrogen-bond acceptors (Lipinski definition) is 3. The van der Waals surface area contributed by atoms with Crippen molar-refractivity contribution in [3.05, 3.63) is 29.6 Å². The highest BCUT2D eigenvalue weighted by atomic mass is 19.3. The van der Waals surface area contributed by atoms with Crippen LogP contribution in [0.5, 0.6) is 0 Å². The molecular weight excluding hydrogens is 218 g/mol. The van der Waals surface area contributed by atoms with Gasteiger partial charge < -0.3 is 5.11 Å². The van der Waals surface area contributed by atoms with Crippen molar-refractivity contribution in [3.8, 4) is 0 Å². The molecule has 16 heavy (non-hydrogen) atoms. The van der Waals surface area contributed by atoms with Crippen molar-refractivity contribution in [1.82, 2.24) is 9.88 Å². The number of carbonyl (C=O) groups is 1. The van der Waals surface area contributed by atoms with Gasteiger partial charge in [0, 0.05) is 6.54 Å². The maximum atomic E-state index is 12.0. The summed E-state index contributed by atoms with van der Waals surface area (Å²) in [6.07, 6.45) is -2.41. The Kier molecular flexibility index (Phi) is 4.30. The molecule has 0 aliphatic heterocycles. The van der Waals surface area contributed by atoms with E-state index in [1.807, 2.05) is 0 Å². The van der Waals surface area contributed by atoms with Crippen molar-refractivity contribution >= 4 is 5.97 Å². The highest BCUT2D eigenvalue weighted by molar-refractivity contribution is 5.85. The van der Waals surface area contributed by atoms with Crippen molar-refractivity contribution in [2.45, 2.75) is 13.0 Å². The molecule has 6 heteroatoms. The summed E-state index contributed by atoms with van der Waals surface area (Å²) >= 11 is 0. The highest BCUT2D eigenvalue weighted by Crippen LogP contribution is 2.04. The lowest BCUT2D eigenvalue weighted by molar-refractivity contribution is 0.0688. The smallest absolute Gasteiger partial charge is 0.354 e. The van der Waals surface area contributed by atoms with Crippen molar-refractivity contribution in [2.75, 3.05) is 13.6 Å². The number of hydrogen-bond donors (Lipinski definition) is 1. The van der Waals surface area contributed by atoms with Crippen LogP contribution in [0, 0.1) is 0 Å². The molecule has 0 saturated carbocycles. The number of halogens is 2. The number of nitrogens with zero attached hydrogens (tertiary/aromatic N) is 2. The summed E-state index contributed by atoms with van der Waals surface area (Å²) in [5.41, 5.74) is 0.381. The number of carboxylic acid groups (broad SMARTS) is 1. The van der Waals surface area contributed by atoms with Gasteiger partial charge in [0.2, 0.25) is 0 Å². The monoisotopic (exact) mass is 230 g/mol. The van der Waals surface area contributed by atoms with Crippen LogP contribution in [0.25, 0.3) is 0 Å². The molecular formula is C10H12F2N2O2. The second-order valence-electron chi connectivity index (χ2n) is 3.41. The van der Waals surface area contributed by atoms with E-state index in [0.717, 1.165) is 0 Å². The largest absolute Gasteiger partial charge is 0.477 e. The average molecular weight is 230 g/mol. The minimum atomic E-state index is -2.41. The first-order chi connectivity index (χ1) is 7.49. The predicted molar refractivity (Wildman–Crippen MR) is 53.5 cm³/mol. The van der Waals surface area contributed by atoms with E-state index in [9.17, 15) is 13.6 Å². The Morgan fingerprint density at radius 3 is 2.81 bits per heavy atom. The molecule has 0 aliphatic carbocycles. The topological polar surface area (TPSA) is 53.4 Å². The number of rotatable bonds is 5. The lowest BCUT2D eigenvalue weighted by Gasteiger charge is -2.15. The lowest BCUT2D eigenvalue weighted by atomic mass is 10.3. The van der Waals surface area contributed by atoms with E-state index in [1.165, 1.54) is 18.0 Å². The Balaban J connectivity index is 2.66. The number of pyridine rings is 1. The molecule has 1 aromatic rings. The summed E-state index contributed by atoms with van der Waals surface area (Å²) in [5.74, 6) is -1.13. The lowest BCUT2D eigenvalue weighted by Crippen LogP contribution is -2.24. The number of aromatic nitrogens is 1. The molecule has 0 spiro atoms. The van der Waals surface area contributed by atoms with Crippen molar-refractivity contribution in [2.24, 2.45) is 0 Å². The van der Waals surface area contributed by atoms with Gasteiger partial charge in [0.15, 0.2) is 0 Å². The van der Waals surface area contributed by atoms with Crippen molar-refractivity contribution in [3.63, 3.8) is 0 Å². The Morgan fingerprint density at radius 2 is 2.25 bits per heavy atom. The van der Waals surface area contributed by atoms with Gasteiger partial charge in [-0.05, 0) is 19.2 Å². The molecule has 0 bridgehead atoms. The third kappa shape index (κ3) is 3.90. The van der Waals surface area contributed by atoms with Gasteiger partial charge in [-0.1, -0.05) is 6.07 Å². The third-order valence-corrected chi connectivity index (χ3v) is 1.91. The van der Waals surface area contributed by atoms with E-state index in [2.05, 4.69) is 4.98 Å². The molecule has 1 rings (SSSR count). The van der Waals surface area contributed by atoms with Gasteiger partial charge in [-0.25, -0.2) is 18.6 Å². The molecule has 0 amide bonds. The fourth-order valence-electron chi connectivity index (χ4n) is 1.26. The van der Waals surface area contributed by atoms with Gasteiger partial charge in [0.05, 0.1) is 12.2 Å². The van der Waals surface area contributed by atoms with Crippen LogP contribution in [0.15, 0.2) is 18.2 Å². The van der Waals surface area contributed by atoms with Crippen molar-refractivity contribution < 1.29 is 18.7 Å². The fraction of sp³-hybridized carbons (Fsp3) is 0.400. The van der Waals surface area contributed by atoms with Gasteiger partial charge in [-0.2, -0.15) is 0 Å². The Bertz CT molecular complexity index is 372. The summed E-state index contributed by atoms with van der Waals surface area (Å²) in [7, 11) is 1.53. The third-order valence-electron chi connectivity index (χ3n) is 1.91. The first-order valence-electron chi connectivity index (χ1n) is 4.65. The minimum absolute atomic E-state index is 0.0806. The van der Waals surface area contributed by atoms with Gasteiger partial charge >= 0.3 is 5.97 Å². The Labute approximate surface area is 91.5 Å². The van der Waals surface area contributed by atoms with Gasteiger partial charge in [-0.3, -0.25) is 4.90 Å². The van der Waals surface area contributed by atoms with E-state index < -0.39 is 12.4 Å². The molecule has 88 valence electrons. The molecule has 1 heterocycles. The maximum absolute atomic E-state index is 12.0. The van der Waals surface area contributed by atoms with Crippen LogP contribution in [0.4, 0.5) is 8.78 Å². The number of carboxylic acids is 1. The molecule has 1 N–H and O–H groups in total. The van der Waals surface area contributed by atoms with E-state index >= 15 is 0 Å². The first-order valence-corrected chi connectivity index (χ1v) is 4.65. The molecule has 0 saturated heterocycles. The number of alkyl halides is 2. The van der Waals surface area contributed by atoms with Crippen LogP contribution in [-0.2, 0) is 6.54 Å². The molecule has 0 fully saturated rings. The van der Waals surface area contributed by atoms with Gasteiger partial charge in [0.1, 0.15) is 5.69 Å². The average Bonchev–Trinajstić information content (AvgIpc) is 2.16. The maximum Gasteiger partial charge on any atom is 0.354 e. The second-order valence-corrected chi connectivity index (χ2v) is 3.41. The quantitative estimate of drug-likeness (QED) is 0.832. The molecule has 0 atom stereocenters. The predicted octanol–water partition coefficient (Wildman–Crippen LogP) is 1.48. The fourth-order valence-corrected chi connectivity index (χ4v) is 1.26. The van der Waals surface area contributed by atoms with E-state index in [0.29, 0.717) is 5.69 Å². The molecule has 0 aliphatic rings. The summed E-state index contributed by atoms with van der Waals surface area (Å²) in [4.78, 5) is 15.8. The first kappa shape index (κ1) is 12.5. The standard InChI is InChI=1S/C10H12F2N2O2/c1-14(6-9(11)12)5-7-3-2-4-8(13-7)10(15)16/h2-4,9H,5-6H2,1H3,(H,15,16). The highest BCUT2D eigenvalue weighted by Gasteiger charge is 2.10. The van der Waals surface area contributed by atoms with Crippen LogP contribution in [0.1, 0.15) is 16.2 Å². The van der Waals surface area contributed by atoms with Crippen molar-refractivity contribution in [1.29, 1.82) is 0 Å². The minimum Gasteiger partial charge on any atom is -0.477 e. The molecule has 0 aromatic carbocycles. The second kappa shape index (κ2) is 5.50. The Hall–Kier alpha value is -1.56. The zero-order valence-corrected chi connectivity index (χ0v) is 8.73. The normalized spacial score (nSPS) is 11.1. The molecule has 4 nitrogen and oxygen atoms in total. The van der Waals surface area contributed by atoms with Crippen LogP contribution >= 0.6 is 0 Å². The zero-order chi connectivity index (χ0) is 12.1. The molecule has 0 radical (unpaired) electrons. The zero-order valence-electron chi connectivity index (χ0n) is 8.73. The summed E-state index contributed by atoms with van der Waals surface area (Å²) in [6.45, 7) is -0.162. The van der Waals surface area contributed by atoms with Crippen LogP contribution in [0.3, 0.4) is 0 Å². The number of aromatic carboxylic acids is 1. The van der Waals surface area contributed by atoms with E-state index in [-0.39, 0.29) is 18.8 Å². The molecule has 0 unspecified atom stereocenters. The SMILES string of the molecule is CN(Cc1cccc(C(=O)O)n1)CC(F)F. The van der Waals surface area contributed by atoms with E-state index in [4.69, 9.17) is 5.11 Å². The Morgan fingerprint density at radius 1 is 1.56 bits per heavy atom. The van der Waals surface area contributed by atoms with Crippen LogP contribution in [-0.4, -0.2) is 41.0 Å². The summed E-state index contributed by atoms with van der Waals surface area (Å²) in [5, 5.41) is 8.69. The summed E-state index contributed by atoms with van der Waals surface area (Å²) in [6, 6.07) is 4.51. The summed E-state index contributed by atoms with van der Waals surface area (Å²) < 4.78 is 24.1. The van der Waals surface area contributed by atoms with Gasteiger partial charge in [-0.15, -0.1) is 0 Å². The van der Waals surface area contributed by atoms with Crippen LogP contribution in [0.2, 0.25) is 0 Å². The van der Waals surface area contributed by atoms with E-state index in [1.54, 1.807) is 12.1 Å². The van der Waals surface area contributed by atoms with Crippen LogP contribution < -0.4 is 0 Å².